The van der Waals surface area contributed by atoms with Crippen LogP contribution in [-0.2, 0) is 15.8 Å². The fourth-order valence-electron chi connectivity index (χ4n) is 9.04. The van der Waals surface area contributed by atoms with Crippen molar-refractivity contribution in [3.05, 3.63) is 83.8 Å². The largest absolute Gasteiger partial charge is 0.419 e. The predicted molar refractivity (Wildman–Crippen MR) is 208 cm³/mol. The van der Waals surface area contributed by atoms with Crippen molar-refractivity contribution >= 4 is 56.9 Å². The molecule has 1 atom stereocenters. The zero-order chi connectivity index (χ0) is 41.2. The summed E-state index contributed by atoms with van der Waals surface area (Å²) in [5.74, 6) is -1.97. The Morgan fingerprint density at radius 2 is 1.53 bits per heavy atom. The predicted octanol–water partition coefficient (Wildman–Crippen LogP) is 6.50. The molecule has 59 heavy (non-hydrogen) atoms. The Morgan fingerprint density at radius 3 is 2.25 bits per heavy atom. The highest BCUT2D eigenvalue weighted by Gasteiger charge is 2.45. The molecule has 7 heterocycles. The third kappa shape index (κ3) is 7.04. The van der Waals surface area contributed by atoms with E-state index in [-0.39, 0.29) is 46.4 Å². The van der Waals surface area contributed by atoms with Gasteiger partial charge in [0, 0.05) is 86.3 Å². The maximum Gasteiger partial charge on any atom is 0.419 e. The zero-order valence-electron chi connectivity index (χ0n) is 31.7. The van der Waals surface area contributed by atoms with Crippen LogP contribution in [0.3, 0.4) is 0 Å². The van der Waals surface area contributed by atoms with Gasteiger partial charge in [-0.15, -0.1) is 0 Å². The molecule has 0 spiro atoms. The fraction of sp³-hybridized carbons (Fsp3) is 0.381. The van der Waals surface area contributed by atoms with Crippen molar-refractivity contribution in [3.63, 3.8) is 0 Å². The van der Waals surface area contributed by atoms with Crippen LogP contribution >= 0.6 is 0 Å². The van der Waals surface area contributed by atoms with Gasteiger partial charge >= 0.3 is 12.7 Å². The van der Waals surface area contributed by atoms with Gasteiger partial charge in [0.15, 0.2) is 0 Å². The van der Waals surface area contributed by atoms with E-state index in [2.05, 4.69) is 25.1 Å². The smallest absolute Gasteiger partial charge is 0.369 e. The highest BCUT2D eigenvalue weighted by Crippen LogP contribution is 2.41. The van der Waals surface area contributed by atoms with Crippen molar-refractivity contribution in [2.45, 2.75) is 50.9 Å². The first kappa shape index (κ1) is 38.5. The van der Waals surface area contributed by atoms with Gasteiger partial charge in [0.05, 0.1) is 27.7 Å². The number of halogens is 5. The van der Waals surface area contributed by atoms with Crippen molar-refractivity contribution in [2.75, 3.05) is 55.6 Å². The van der Waals surface area contributed by atoms with Crippen LogP contribution in [-0.4, -0.2) is 99.8 Å². The Labute approximate surface area is 334 Å². The number of alkyl halides is 5. The second kappa shape index (κ2) is 15.0. The molecule has 306 valence electrons. The minimum absolute atomic E-state index is 0.0520. The first-order valence-electron chi connectivity index (χ1n) is 19.7. The normalized spacial score (nSPS) is 19.8. The average Bonchev–Trinajstić information content (AvgIpc) is 3.69. The van der Waals surface area contributed by atoms with Crippen molar-refractivity contribution in [2.24, 2.45) is 5.92 Å². The molecule has 9 rings (SSSR count). The van der Waals surface area contributed by atoms with Crippen LogP contribution in [0.1, 0.15) is 64.9 Å². The third-order valence-corrected chi connectivity index (χ3v) is 12.2. The van der Waals surface area contributed by atoms with Crippen molar-refractivity contribution < 1.29 is 41.1 Å². The number of benzene rings is 2. The summed E-state index contributed by atoms with van der Waals surface area (Å²) in [5.41, 5.74) is 1.42. The SMILES string of the molecule is O=C1CCC(N2C(=O)c3ccc(N4CCN(CCC5CCN(c6ncc(-c7ccc8c9cnccc9n(C(F)F)c8c7)cc6C(F)(F)F)CC5)CC4)cc3C2=O)C(=O)N1. The van der Waals surface area contributed by atoms with E-state index in [0.29, 0.717) is 61.3 Å². The van der Waals surface area contributed by atoms with Crippen LogP contribution in [0.15, 0.2) is 67.1 Å². The van der Waals surface area contributed by atoms with Gasteiger partial charge in [0.25, 0.3) is 11.8 Å². The average molecular weight is 815 g/mol. The summed E-state index contributed by atoms with van der Waals surface area (Å²) in [6, 6.07) is 11.4. The minimum atomic E-state index is -4.69. The zero-order valence-corrected chi connectivity index (χ0v) is 31.7. The summed E-state index contributed by atoms with van der Waals surface area (Å²) in [6.45, 7) is 1.74. The molecule has 12 nitrogen and oxygen atoms in total. The number of piperazine rings is 1. The van der Waals surface area contributed by atoms with E-state index in [1.165, 1.54) is 30.7 Å². The number of carbonyl (C=O) groups is 4. The van der Waals surface area contributed by atoms with Gasteiger partial charge < -0.3 is 9.80 Å². The van der Waals surface area contributed by atoms with E-state index < -0.39 is 48.0 Å². The van der Waals surface area contributed by atoms with E-state index >= 15 is 0 Å². The van der Waals surface area contributed by atoms with E-state index in [1.807, 2.05) is 6.07 Å². The minimum Gasteiger partial charge on any atom is -0.369 e. The van der Waals surface area contributed by atoms with Gasteiger partial charge in [0.1, 0.15) is 11.9 Å². The molecule has 3 fully saturated rings. The number of hydrogen-bond acceptors (Lipinski definition) is 9. The van der Waals surface area contributed by atoms with Gasteiger partial charge in [0.2, 0.25) is 11.8 Å². The van der Waals surface area contributed by atoms with Crippen molar-refractivity contribution in [1.29, 1.82) is 0 Å². The van der Waals surface area contributed by atoms with Crippen LogP contribution in [0.5, 0.6) is 0 Å². The topological polar surface area (TPSA) is 124 Å². The van der Waals surface area contributed by atoms with Gasteiger partial charge in [-0.1, -0.05) is 12.1 Å². The molecule has 3 aromatic heterocycles. The Hall–Kier alpha value is -5.97. The second-order valence-corrected chi connectivity index (χ2v) is 15.6. The van der Waals surface area contributed by atoms with E-state index in [9.17, 15) is 41.1 Å². The lowest BCUT2D eigenvalue weighted by Crippen LogP contribution is -2.54. The monoisotopic (exact) mass is 814 g/mol. The molecule has 2 aromatic carbocycles. The Bertz CT molecular complexity index is 2510. The molecular formula is C42H39F5N8O4. The molecule has 1 N–H and O–H groups in total. The van der Waals surface area contributed by atoms with Crippen molar-refractivity contribution in [3.8, 4) is 11.1 Å². The molecule has 4 aliphatic rings. The molecule has 5 aromatic rings. The van der Waals surface area contributed by atoms with E-state index in [1.54, 1.807) is 29.2 Å². The van der Waals surface area contributed by atoms with Crippen LogP contribution in [0, 0.1) is 5.92 Å². The van der Waals surface area contributed by atoms with Gasteiger partial charge in [-0.05, 0) is 80.1 Å². The Kier molecular flexibility index (Phi) is 9.80. The number of pyridine rings is 2. The van der Waals surface area contributed by atoms with Crippen molar-refractivity contribution in [1.82, 2.24) is 29.7 Å². The Morgan fingerprint density at radius 1 is 0.763 bits per heavy atom. The number of nitrogens with one attached hydrogen (secondary N) is 1. The molecule has 0 bridgehead atoms. The van der Waals surface area contributed by atoms with Crippen LogP contribution < -0.4 is 15.1 Å². The maximum atomic E-state index is 14.6. The number of rotatable bonds is 8. The summed E-state index contributed by atoms with van der Waals surface area (Å²) in [7, 11) is 0. The summed E-state index contributed by atoms with van der Waals surface area (Å²) in [4.78, 5) is 66.0. The number of piperidine rings is 2. The first-order valence-corrected chi connectivity index (χ1v) is 19.7. The first-order chi connectivity index (χ1) is 28.4. The molecular weight excluding hydrogens is 776 g/mol. The molecule has 0 saturated carbocycles. The number of fused-ring (bicyclic) bond motifs is 4. The molecule has 17 heteroatoms. The molecule has 0 aliphatic carbocycles. The van der Waals surface area contributed by atoms with Gasteiger partial charge in [-0.3, -0.25) is 43.8 Å². The Balaban J connectivity index is 0.804. The van der Waals surface area contributed by atoms with Crippen LogP contribution in [0.25, 0.3) is 32.9 Å². The maximum absolute atomic E-state index is 14.6. The number of imide groups is 2. The quantitative estimate of drug-likeness (QED) is 0.138. The molecule has 0 radical (unpaired) electrons. The van der Waals surface area contributed by atoms with Crippen LogP contribution in [0.2, 0.25) is 0 Å². The number of amides is 4. The number of aromatic nitrogens is 3. The standard InChI is InChI=1S/C42H39F5N8O4/c43-41(44)54-33-7-11-48-23-31(33)28-3-1-25(20-35(28)54)26-19-32(42(45,46)47)37(49-22-26)53-13-9-24(10-14-53)8-12-51-15-17-52(18-16-51)27-2-4-29-30(21-27)40(59)55(39(29)58)34-5-6-36(56)50-38(34)57/h1-4,7,11,19-24,34,41H,5-6,8-10,12-18H2,(H,50,56,57). The van der Waals surface area contributed by atoms with Gasteiger partial charge in [-0.2, -0.15) is 22.0 Å². The van der Waals surface area contributed by atoms with E-state index in [0.717, 1.165) is 47.3 Å². The highest BCUT2D eigenvalue weighted by molar-refractivity contribution is 6.23. The lowest BCUT2D eigenvalue weighted by atomic mass is 9.93. The number of hydrogen-bond donors (Lipinski definition) is 1. The number of anilines is 2. The summed E-state index contributed by atoms with van der Waals surface area (Å²) in [6.07, 6.45) is 2.07. The fourth-order valence-corrected chi connectivity index (χ4v) is 9.04. The summed E-state index contributed by atoms with van der Waals surface area (Å²) >= 11 is 0. The molecule has 4 amide bonds. The van der Waals surface area contributed by atoms with Crippen LogP contribution in [0.4, 0.5) is 33.5 Å². The number of nitrogens with zero attached hydrogens (tertiary/aromatic N) is 7. The highest BCUT2D eigenvalue weighted by atomic mass is 19.4. The molecule has 1 unspecified atom stereocenters. The second-order valence-electron chi connectivity index (χ2n) is 15.6. The summed E-state index contributed by atoms with van der Waals surface area (Å²) < 4.78 is 72.9. The van der Waals surface area contributed by atoms with E-state index in [4.69, 9.17) is 0 Å². The lowest BCUT2D eigenvalue weighted by molar-refractivity contribution is -0.138. The third-order valence-electron chi connectivity index (χ3n) is 12.2. The lowest BCUT2D eigenvalue weighted by Gasteiger charge is -2.38. The van der Waals surface area contributed by atoms with Gasteiger partial charge in [-0.25, -0.2) is 4.98 Å². The molecule has 3 saturated heterocycles. The molecule has 4 aliphatic heterocycles. The summed E-state index contributed by atoms with van der Waals surface area (Å²) in [5, 5.41) is 3.26. The number of carbonyl (C=O) groups excluding carboxylic acids is 4.